The molecule has 1 aliphatic carbocycles. The number of carbonyl (C=O) groups is 1. The Balaban J connectivity index is 1.60. The summed E-state index contributed by atoms with van der Waals surface area (Å²) in [5.74, 6) is 0.794. The molecule has 6 nitrogen and oxygen atoms in total. The van der Waals surface area contributed by atoms with Gasteiger partial charge in [-0.25, -0.2) is 5.43 Å². The summed E-state index contributed by atoms with van der Waals surface area (Å²) < 4.78 is 5.04. The number of furan rings is 1. The largest absolute Gasteiger partial charge is 0.463 e. The van der Waals surface area contributed by atoms with Crippen LogP contribution in [0.5, 0.6) is 0 Å². The van der Waals surface area contributed by atoms with E-state index in [2.05, 4.69) is 20.7 Å². The lowest BCUT2D eigenvalue weighted by Crippen LogP contribution is -2.17. The molecule has 2 aromatic rings. The van der Waals surface area contributed by atoms with E-state index in [1.54, 1.807) is 24.5 Å². The summed E-state index contributed by atoms with van der Waals surface area (Å²) >= 11 is 0. The van der Waals surface area contributed by atoms with E-state index in [-0.39, 0.29) is 5.91 Å². The quantitative estimate of drug-likeness (QED) is 0.633. The Hall–Kier alpha value is -2.37. The van der Waals surface area contributed by atoms with Gasteiger partial charge in [0.2, 0.25) is 0 Å². The van der Waals surface area contributed by atoms with E-state index in [0.29, 0.717) is 17.4 Å². The summed E-state index contributed by atoms with van der Waals surface area (Å²) in [5.41, 5.74) is 3.78. The molecule has 6 heteroatoms. The highest BCUT2D eigenvalue weighted by atomic mass is 16.3. The highest BCUT2D eigenvalue weighted by molar-refractivity contribution is 5.93. The SMILES string of the molecule is O=C(NN=Cc1ccco1)c1cc(C2CC2)[nH]n1. The Morgan fingerprint density at radius 3 is 3.22 bits per heavy atom. The van der Waals surface area contributed by atoms with Gasteiger partial charge < -0.3 is 4.42 Å². The minimum atomic E-state index is -0.332. The fourth-order valence-electron chi connectivity index (χ4n) is 1.63. The maximum atomic E-state index is 11.7. The van der Waals surface area contributed by atoms with E-state index in [4.69, 9.17) is 4.42 Å². The highest BCUT2D eigenvalue weighted by Gasteiger charge is 2.26. The van der Waals surface area contributed by atoms with Crippen molar-refractivity contribution in [2.75, 3.05) is 0 Å². The van der Waals surface area contributed by atoms with Crippen LogP contribution in [0.1, 0.15) is 40.7 Å². The molecular weight excluding hydrogens is 232 g/mol. The Bertz CT molecular complexity index is 567. The third-order valence-electron chi connectivity index (χ3n) is 2.75. The van der Waals surface area contributed by atoms with Crippen LogP contribution in [0.4, 0.5) is 0 Å². The van der Waals surface area contributed by atoms with Crippen LogP contribution in [-0.2, 0) is 0 Å². The van der Waals surface area contributed by atoms with Crippen molar-refractivity contribution in [3.8, 4) is 0 Å². The number of hydrogen-bond acceptors (Lipinski definition) is 4. The van der Waals surface area contributed by atoms with Gasteiger partial charge in [-0.2, -0.15) is 10.2 Å². The lowest BCUT2D eigenvalue weighted by Gasteiger charge is -1.93. The highest BCUT2D eigenvalue weighted by Crippen LogP contribution is 2.38. The van der Waals surface area contributed by atoms with E-state index >= 15 is 0 Å². The van der Waals surface area contributed by atoms with Gasteiger partial charge in [-0.1, -0.05) is 0 Å². The van der Waals surface area contributed by atoms with E-state index in [1.807, 2.05) is 0 Å². The summed E-state index contributed by atoms with van der Waals surface area (Å²) in [7, 11) is 0. The van der Waals surface area contributed by atoms with Crippen LogP contribution in [0.3, 0.4) is 0 Å². The summed E-state index contributed by atoms with van der Waals surface area (Å²) in [5, 5.41) is 10.6. The first-order chi connectivity index (χ1) is 8.83. The number of rotatable bonds is 4. The van der Waals surface area contributed by atoms with E-state index in [1.165, 1.54) is 19.1 Å². The van der Waals surface area contributed by atoms with Gasteiger partial charge in [0.15, 0.2) is 5.69 Å². The molecule has 0 spiro atoms. The normalized spacial score (nSPS) is 15.1. The molecular formula is C12H12N4O2. The maximum Gasteiger partial charge on any atom is 0.291 e. The van der Waals surface area contributed by atoms with Crippen LogP contribution in [0.2, 0.25) is 0 Å². The van der Waals surface area contributed by atoms with Gasteiger partial charge in [0.05, 0.1) is 12.5 Å². The Morgan fingerprint density at radius 2 is 2.50 bits per heavy atom. The Labute approximate surface area is 103 Å². The second-order valence-electron chi connectivity index (χ2n) is 4.20. The molecule has 92 valence electrons. The number of nitrogens with zero attached hydrogens (tertiary/aromatic N) is 2. The van der Waals surface area contributed by atoms with Crippen molar-refractivity contribution in [3.63, 3.8) is 0 Å². The smallest absolute Gasteiger partial charge is 0.291 e. The fourth-order valence-corrected chi connectivity index (χ4v) is 1.63. The Morgan fingerprint density at radius 1 is 1.61 bits per heavy atom. The summed E-state index contributed by atoms with van der Waals surface area (Å²) in [6, 6.07) is 5.27. The molecule has 2 N–H and O–H groups in total. The van der Waals surface area contributed by atoms with Gasteiger partial charge >= 0.3 is 0 Å². The van der Waals surface area contributed by atoms with Crippen LogP contribution in [0.25, 0.3) is 0 Å². The minimum Gasteiger partial charge on any atom is -0.463 e. The van der Waals surface area contributed by atoms with Crippen molar-refractivity contribution in [1.29, 1.82) is 0 Å². The molecule has 1 amide bonds. The fraction of sp³-hybridized carbons (Fsp3) is 0.250. The summed E-state index contributed by atoms with van der Waals surface area (Å²) in [6.45, 7) is 0. The first-order valence-corrected chi connectivity index (χ1v) is 5.75. The van der Waals surface area contributed by atoms with E-state index in [0.717, 1.165) is 5.69 Å². The molecule has 0 aromatic carbocycles. The first-order valence-electron chi connectivity index (χ1n) is 5.75. The minimum absolute atomic E-state index is 0.332. The molecule has 1 fully saturated rings. The van der Waals surface area contributed by atoms with Gasteiger partial charge in [-0.05, 0) is 31.0 Å². The second kappa shape index (κ2) is 4.48. The third-order valence-corrected chi connectivity index (χ3v) is 2.75. The van der Waals surface area contributed by atoms with Gasteiger partial charge in [0, 0.05) is 11.6 Å². The van der Waals surface area contributed by atoms with Crippen molar-refractivity contribution in [2.24, 2.45) is 5.10 Å². The van der Waals surface area contributed by atoms with Crippen molar-refractivity contribution in [1.82, 2.24) is 15.6 Å². The van der Waals surface area contributed by atoms with Crippen molar-refractivity contribution in [3.05, 3.63) is 41.6 Å². The van der Waals surface area contributed by atoms with E-state index in [9.17, 15) is 4.79 Å². The van der Waals surface area contributed by atoms with Crippen LogP contribution >= 0.6 is 0 Å². The average Bonchev–Trinajstić information content (AvgIpc) is 2.92. The number of aromatic amines is 1. The average molecular weight is 244 g/mol. The molecule has 0 saturated heterocycles. The number of hydrogen-bond donors (Lipinski definition) is 2. The van der Waals surface area contributed by atoms with Crippen LogP contribution in [0, 0.1) is 0 Å². The molecule has 2 aromatic heterocycles. The number of aromatic nitrogens is 2. The second-order valence-corrected chi connectivity index (χ2v) is 4.20. The molecule has 3 rings (SSSR count). The number of amides is 1. The van der Waals surface area contributed by atoms with Gasteiger partial charge in [0.25, 0.3) is 5.91 Å². The van der Waals surface area contributed by atoms with Crippen molar-refractivity contribution >= 4 is 12.1 Å². The zero-order chi connectivity index (χ0) is 12.4. The van der Waals surface area contributed by atoms with Gasteiger partial charge in [-0.3, -0.25) is 9.89 Å². The maximum absolute atomic E-state index is 11.7. The zero-order valence-electron chi connectivity index (χ0n) is 9.59. The first kappa shape index (κ1) is 10.8. The Kier molecular flexibility index (Phi) is 2.68. The van der Waals surface area contributed by atoms with Gasteiger partial charge in [-0.15, -0.1) is 0 Å². The predicted octanol–water partition coefficient (Wildman–Crippen LogP) is 1.64. The van der Waals surface area contributed by atoms with E-state index < -0.39 is 0 Å². The van der Waals surface area contributed by atoms with Crippen LogP contribution < -0.4 is 5.43 Å². The number of nitrogens with one attached hydrogen (secondary N) is 2. The number of H-pyrrole nitrogens is 1. The molecule has 0 atom stereocenters. The lowest BCUT2D eigenvalue weighted by molar-refractivity contribution is 0.0950. The monoisotopic (exact) mass is 244 g/mol. The molecule has 18 heavy (non-hydrogen) atoms. The molecule has 0 radical (unpaired) electrons. The van der Waals surface area contributed by atoms with Gasteiger partial charge in [0.1, 0.15) is 5.76 Å². The topological polar surface area (TPSA) is 83.3 Å². The third kappa shape index (κ3) is 2.32. The predicted molar refractivity (Wildman–Crippen MR) is 64.3 cm³/mol. The molecule has 1 saturated carbocycles. The van der Waals surface area contributed by atoms with Crippen molar-refractivity contribution in [2.45, 2.75) is 18.8 Å². The number of hydrazone groups is 1. The van der Waals surface area contributed by atoms with Crippen LogP contribution in [0.15, 0.2) is 34.0 Å². The standard InChI is InChI=1S/C12H12N4O2/c17-12(16-13-7-9-2-1-5-18-9)11-6-10(14-15-11)8-3-4-8/h1-2,5-8H,3-4H2,(H,14,15)(H,16,17). The van der Waals surface area contributed by atoms with Crippen molar-refractivity contribution < 1.29 is 9.21 Å². The molecule has 2 heterocycles. The molecule has 0 aliphatic heterocycles. The number of carbonyl (C=O) groups excluding carboxylic acids is 1. The van der Waals surface area contributed by atoms with Crippen LogP contribution in [-0.4, -0.2) is 22.3 Å². The zero-order valence-corrected chi connectivity index (χ0v) is 9.59. The molecule has 0 unspecified atom stereocenters. The summed E-state index contributed by atoms with van der Waals surface area (Å²) in [4.78, 5) is 11.7. The molecule has 1 aliphatic rings. The lowest BCUT2D eigenvalue weighted by atomic mass is 10.2. The molecule has 0 bridgehead atoms. The summed E-state index contributed by atoms with van der Waals surface area (Å²) in [6.07, 6.45) is 5.31.